The third-order valence-electron chi connectivity index (χ3n) is 2.88. The van der Waals surface area contributed by atoms with Crippen LogP contribution in [0.5, 0.6) is 0 Å². The molecule has 94 valence electrons. The standard InChI is InChI=1S/C10H13F3N4/c11-10(12,13)7-2-1-3-17(5-7)9-4-8(14)15-6-16-9/h4,6-7H,1-3,5H2,(H2,14,15,16). The maximum absolute atomic E-state index is 12.6. The average molecular weight is 246 g/mol. The van der Waals surface area contributed by atoms with Crippen LogP contribution >= 0.6 is 0 Å². The second kappa shape index (κ2) is 4.38. The molecule has 1 aliphatic heterocycles. The van der Waals surface area contributed by atoms with Gasteiger partial charge in [-0.3, -0.25) is 0 Å². The van der Waals surface area contributed by atoms with E-state index in [1.807, 2.05) is 0 Å². The molecule has 0 radical (unpaired) electrons. The molecule has 2 heterocycles. The van der Waals surface area contributed by atoms with E-state index in [1.54, 1.807) is 4.90 Å². The van der Waals surface area contributed by atoms with Crippen molar-refractivity contribution >= 4 is 11.6 Å². The van der Waals surface area contributed by atoms with Gasteiger partial charge in [-0.1, -0.05) is 0 Å². The lowest BCUT2D eigenvalue weighted by atomic mass is 9.97. The van der Waals surface area contributed by atoms with Crippen molar-refractivity contribution < 1.29 is 13.2 Å². The first-order valence-corrected chi connectivity index (χ1v) is 5.36. The van der Waals surface area contributed by atoms with Crippen LogP contribution in [0.2, 0.25) is 0 Å². The van der Waals surface area contributed by atoms with E-state index in [2.05, 4.69) is 9.97 Å². The highest BCUT2D eigenvalue weighted by Crippen LogP contribution is 2.34. The first kappa shape index (κ1) is 11.9. The van der Waals surface area contributed by atoms with E-state index in [1.165, 1.54) is 12.4 Å². The van der Waals surface area contributed by atoms with Crippen molar-refractivity contribution in [2.75, 3.05) is 23.7 Å². The van der Waals surface area contributed by atoms with Gasteiger partial charge in [-0.05, 0) is 12.8 Å². The monoisotopic (exact) mass is 246 g/mol. The maximum Gasteiger partial charge on any atom is 0.393 e. The van der Waals surface area contributed by atoms with Crippen LogP contribution in [0.25, 0.3) is 0 Å². The Balaban J connectivity index is 2.12. The second-order valence-electron chi connectivity index (χ2n) is 4.13. The van der Waals surface area contributed by atoms with E-state index in [0.717, 1.165) is 0 Å². The predicted molar refractivity (Wildman–Crippen MR) is 57.4 cm³/mol. The summed E-state index contributed by atoms with van der Waals surface area (Å²) in [5.74, 6) is -0.553. The molecule has 0 spiro atoms. The van der Waals surface area contributed by atoms with Crippen LogP contribution in [0.4, 0.5) is 24.8 Å². The molecule has 2 N–H and O–H groups in total. The topological polar surface area (TPSA) is 55.0 Å². The van der Waals surface area contributed by atoms with Gasteiger partial charge in [0, 0.05) is 19.2 Å². The van der Waals surface area contributed by atoms with Crippen LogP contribution in [0.15, 0.2) is 12.4 Å². The van der Waals surface area contributed by atoms with Crippen LogP contribution < -0.4 is 10.6 Å². The lowest BCUT2D eigenvalue weighted by molar-refractivity contribution is -0.176. The first-order valence-electron chi connectivity index (χ1n) is 5.36. The van der Waals surface area contributed by atoms with Gasteiger partial charge < -0.3 is 10.6 Å². The summed E-state index contributed by atoms with van der Waals surface area (Å²) in [6, 6.07) is 1.50. The number of halogens is 3. The van der Waals surface area contributed by atoms with Gasteiger partial charge in [0.1, 0.15) is 18.0 Å². The Bertz CT molecular complexity index is 393. The molecule has 2 rings (SSSR count). The molecule has 1 aliphatic rings. The minimum absolute atomic E-state index is 0.0556. The lowest BCUT2D eigenvalue weighted by Crippen LogP contribution is -2.42. The van der Waals surface area contributed by atoms with Crippen LogP contribution in [-0.4, -0.2) is 29.2 Å². The molecule has 17 heavy (non-hydrogen) atoms. The number of nitrogens with zero attached hydrogens (tertiary/aromatic N) is 3. The molecule has 1 aromatic heterocycles. The minimum Gasteiger partial charge on any atom is -0.384 e. The molecule has 1 aromatic rings. The molecule has 0 saturated carbocycles. The normalized spacial score (nSPS) is 21.6. The minimum atomic E-state index is -4.14. The summed E-state index contributed by atoms with van der Waals surface area (Å²) in [4.78, 5) is 9.28. The van der Waals surface area contributed by atoms with Crippen molar-refractivity contribution in [1.82, 2.24) is 9.97 Å². The lowest BCUT2D eigenvalue weighted by Gasteiger charge is -2.34. The maximum atomic E-state index is 12.6. The van der Waals surface area contributed by atoms with Crippen LogP contribution in [0.3, 0.4) is 0 Å². The number of alkyl halides is 3. The zero-order valence-corrected chi connectivity index (χ0v) is 9.11. The molecule has 1 fully saturated rings. The Morgan fingerprint density at radius 3 is 2.76 bits per heavy atom. The van der Waals surface area contributed by atoms with E-state index in [-0.39, 0.29) is 18.8 Å². The molecular weight excluding hydrogens is 233 g/mol. The van der Waals surface area contributed by atoms with E-state index < -0.39 is 12.1 Å². The van der Waals surface area contributed by atoms with Crippen LogP contribution in [0.1, 0.15) is 12.8 Å². The summed E-state index contributed by atoms with van der Waals surface area (Å²) in [7, 11) is 0. The average Bonchev–Trinajstić information content (AvgIpc) is 2.28. The molecule has 1 unspecified atom stereocenters. The van der Waals surface area contributed by atoms with Gasteiger partial charge in [-0.25, -0.2) is 9.97 Å². The van der Waals surface area contributed by atoms with Crippen molar-refractivity contribution in [3.63, 3.8) is 0 Å². The van der Waals surface area contributed by atoms with Gasteiger partial charge >= 0.3 is 6.18 Å². The highest BCUT2D eigenvalue weighted by molar-refractivity contribution is 5.46. The zero-order chi connectivity index (χ0) is 12.5. The van der Waals surface area contributed by atoms with Gasteiger partial charge in [0.05, 0.1) is 5.92 Å². The Hall–Kier alpha value is -1.53. The third kappa shape index (κ3) is 2.78. The number of piperidine rings is 1. The summed E-state index contributed by atoms with van der Waals surface area (Å²) in [6.07, 6.45) is -2.19. The molecule has 0 amide bonds. The van der Waals surface area contributed by atoms with Crippen LogP contribution in [0, 0.1) is 5.92 Å². The van der Waals surface area contributed by atoms with E-state index in [0.29, 0.717) is 18.8 Å². The second-order valence-corrected chi connectivity index (χ2v) is 4.13. The highest BCUT2D eigenvalue weighted by Gasteiger charge is 2.42. The quantitative estimate of drug-likeness (QED) is 0.821. The summed E-state index contributed by atoms with van der Waals surface area (Å²) >= 11 is 0. The molecule has 0 bridgehead atoms. The number of rotatable bonds is 1. The van der Waals surface area contributed by atoms with Gasteiger partial charge in [0.2, 0.25) is 0 Å². The fourth-order valence-electron chi connectivity index (χ4n) is 1.99. The molecular formula is C10H13F3N4. The fourth-order valence-corrected chi connectivity index (χ4v) is 1.99. The van der Waals surface area contributed by atoms with Gasteiger partial charge in [0.25, 0.3) is 0 Å². The molecule has 1 saturated heterocycles. The Morgan fingerprint density at radius 2 is 2.12 bits per heavy atom. The highest BCUT2D eigenvalue weighted by atomic mass is 19.4. The largest absolute Gasteiger partial charge is 0.393 e. The third-order valence-corrected chi connectivity index (χ3v) is 2.88. The van der Waals surface area contributed by atoms with Gasteiger partial charge in [-0.15, -0.1) is 0 Å². The van der Waals surface area contributed by atoms with Crippen molar-refractivity contribution in [3.05, 3.63) is 12.4 Å². The first-order chi connectivity index (χ1) is 7.97. The van der Waals surface area contributed by atoms with Crippen molar-refractivity contribution in [2.24, 2.45) is 5.92 Å². The molecule has 4 nitrogen and oxygen atoms in total. The van der Waals surface area contributed by atoms with Crippen molar-refractivity contribution in [3.8, 4) is 0 Å². The van der Waals surface area contributed by atoms with E-state index in [9.17, 15) is 13.2 Å². The van der Waals surface area contributed by atoms with Crippen LogP contribution in [-0.2, 0) is 0 Å². The smallest absolute Gasteiger partial charge is 0.384 e. The number of hydrogen-bond donors (Lipinski definition) is 1. The van der Waals surface area contributed by atoms with E-state index >= 15 is 0 Å². The molecule has 0 aromatic carbocycles. The SMILES string of the molecule is Nc1cc(N2CCCC(C(F)(F)F)C2)ncn1. The Morgan fingerprint density at radius 1 is 1.35 bits per heavy atom. The fraction of sp³-hybridized carbons (Fsp3) is 0.600. The van der Waals surface area contributed by atoms with Crippen molar-refractivity contribution in [2.45, 2.75) is 19.0 Å². The molecule has 0 aliphatic carbocycles. The zero-order valence-electron chi connectivity index (χ0n) is 9.11. The molecule has 7 heteroatoms. The summed E-state index contributed by atoms with van der Waals surface area (Å²) in [5, 5.41) is 0. The van der Waals surface area contributed by atoms with Gasteiger partial charge in [-0.2, -0.15) is 13.2 Å². The Labute approximate surface area is 96.7 Å². The number of nitrogen functional groups attached to an aromatic ring is 1. The van der Waals surface area contributed by atoms with Gasteiger partial charge in [0.15, 0.2) is 0 Å². The number of aromatic nitrogens is 2. The molecule has 1 atom stereocenters. The number of nitrogens with two attached hydrogens (primary N) is 1. The predicted octanol–water partition coefficient (Wildman–Crippen LogP) is 1.84. The summed E-state index contributed by atoms with van der Waals surface area (Å²) in [6.45, 7) is 0.517. The van der Waals surface area contributed by atoms with E-state index in [4.69, 9.17) is 5.73 Å². The summed E-state index contributed by atoms with van der Waals surface area (Å²) < 4.78 is 37.9. The Kier molecular flexibility index (Phi) is 3.08. The number of anilines is 2. The van der Waals surface area contributed by atoms with Crippen molar-refractivity contribution in [1.29, 1.82) is 0 Å². The summed E-state index contributed by atoms with van der Waals surface area (Å²) in [5.41, 5.74) is 5.49. The number of hydrogen-bond acceptors (Lipinski definition) is 4.